The van der Waals surface area contributed by atoms with Gasteiger partial charge in [-0.05, 0) is 32.9 Å². The smallest absolute Gasteiger partial charge is 0.317 e. The van der Waals surface area contributed by atoms with Gasteiger partial charge in [-0.2, -0.15) is 0 Å². The molecule has 0 unspecified atom stereocenters. The molecule has 0 aromatic heterocycles. The molecule has 0 aromatic rings. The van der Waals surface area contributed by atoms with Gasteiger partial charge in [0.25, 0.3) is 0 Å². The van der Waals surface area contributed by atoms with Crippen molar-refractivity contribution >= 4 is 0 Å². The molecule has 0 saturated carbocycles. The van der Waals surface area contributed by atoms with E-state index in [0.717, 1.165) is 0 Å². The Morgan fingerprint density at radius 1 is 1.25 bits per heavy atom. The quantitative estimate of drug-likeness (QED) is 0.667. The van der Waals surface area contributed by atoms with Crippen molar-refractivity contribution in [1.29, 1.82) is 0 Å². The second-order valence-corrected chi connectivity index (χ2v) is 3.25. The molecule has 5 heteroatoms. The Kier molecular flexibility index (Phi) is 2.63. The van der Waals surface area contributed by atoms with Crippen molar-refractivity contribution in [3.05, 3.63) is 0 Å². The van der Waals surface area contributed by atoms with Crippen molar-refractivity contribution in [3.8, 4) is 0 Å². The second-order valence-electron chi connectivity index (χ2n) is 3.25. The molecule has 0 spiro atoms. The topological polar surface area (TPSA) is 21.3 Å². The van der Waals surface area contributed by atoms with Crippen molar-refractivity contribution in [1.82, 2.24) is 5.32 Å². The first-order valence-corrected chi connectivity index (χ1v) is 3.89. The van der Waals surface area contributed by atoms with Crippen LogP contribution in [0.1, 0.15) is 19.8 Å². The summed E-state index contributed by atoms with van der Waals surface area (Å²) in [5.41, 5.74) is -1.02. The molecule has 0 aromatic carbocycles. The third kappa shape index (κ3) is 2.98. The number of piperidine rings is 1. The molecule has 1 fully saturated rings. The Bertz CT molecular complexity index is 151. The molecule has 0 radical (unpaired) electrons. The number of hydrogen-bond acceptors (Lipinski definition) is 2. The molecule has 1 N–H and O–H groups in total. The first-order valence-electron chi connectivity index (χ1n) is 3.89. The Morgan fingerprint density at radius 3 is 2.17 bits per heavy atom. The molecule has 0 amide bonds. The predicted molar refractivity (Wildman–Crippen MR) is 37.6 cm³/mol. The molecule has 72 valence electrons. The third-order valence-corrected chi connectivity index (χ3v) is 2.02. The predicted octanol–water partition coefficient (Wildman–Crippen LogP) is 1.66. The first kappa shape index (κ1) is 9.80. The average molecular weight is 183 g/mol. The highest BCUT2D eigenvalue weighted by atomic mass is 19.4. The van der Waals surface area contributed by atoms with E-state index in [9.17, 15) is 13.2 Å². The monoisotopic (exact) mass is 183 g/mol. The van der Waals surface area contributed by atoms with Gasteiger partial charge < -0.3 is 5.32 Å². The Balaban J connectivity index is 2.47. The van der Waals surface area contributed by atoms with Crippen LogP contribution < -0.4 is 5.32 Å². The molecule has 0 aliphatic carbocycles. The second kappa shape index (κ2) is 3.22. The van der Waals surface area contributed by atoms with Crippen molar-refractivity contribution in [2.75, 3.05) is 13.1 Å². The van der Waals surface area contributed by atoms with Gasteiger partial charge in [0, 0.05) is 0 Å². The number of hydrogen-bond donors (Lipinski definition) is 1. The van der Waals surface area contributed by atoms with E-state index in [4.69, 9.17) is 0 Å². The summed E-state index contributed by atoms with van der Waals surface area (Å²) in [5, 5.41) is 2.98. The number of rotatable bonds is 1. The zero-order chi connectivity index (χ0) is 9.24. The maximum absolute atomic E-state index is 11.8. The highest BCUT2D eigenvalue weighted by Gasteiger charge is 2.40. The minimum Gasteiger partial charge on any atom is -0.317 e. The summed E-state index contributed by atoms with van der Waals surface area (Å²) in [6, 6.07) is 0. The van der Waals surface area contributed by atoms with Gasteiger partial charge >= 0.3 is 6.36 Å². The molecule has 2 nitrogen and oxygen atoms in total. The minimum atomic E-state index is -4.51. The maximum atomic E-state index is 11.8. The minimum absolute atomic E-state index is 0.409. The van der Waals surface area contributed by atoms with Crippen LogP contribution in [0.25, 0.3) is 0 Å². The molecule has 1 rings (SSSR count). The number of alkyl halides is 3. The number of ether oxygens (including phenoxy) is 1. The van der Waals surface area contributed by atoms with E-state index in [1.165, 1.54) is 6.92 Å². The van der Waals surface area contributed by atoms with Gasteiger partial charge in [-0.15, -0.1) is 13.2 Å². The van der Waals surface area contributed by atoms with E-state index < -0.39 is 12.0 Å². The normalized spacial score (nSPS) is 24.0. The summed E-state index contributed by atoms with van der Waals surface area (Å²) in [7, 11) is 0. The van der Waals surface area contributed by atoms with E-state index in [1.807, 2.05) is 0 Å². The summed E-state index contributed by atoms with van der Waals surface area (Å²) < 4.78 is 39.6. The zero-order valence-electron chi connectivity index (χ0n) is 6.87. The Hall–Kier alpha value is -0.290. The van der Waals surface area contributed by atoms with Gasteiger partial charge in [-0.25, -0.2) is 0 Å². The SMILES string of the molecule is CC1(OC(F)(F)F)CCNCC1. The van der Waals surface area contributed by atoms with Crippen molar-refractivity contribution in [2.24, 2.45) is 0 Å². The molecule has 1 aliphatic rings. The van der Waals surface area contributed by atoms with E-state index >= 15 is 0 Å². The first-order chi connectivity index (χ1) is 5.41. The lowest BCUT2D eigenvalue weighted by Gasteiger charge is -2.34. The molecular formula is C7H12F3NO. The van der Waals surface area contributed by atoms with Gasteiger partial charge in [0.15, 0.2) is 0 Å². The average Bonchev–Trinajstić information content (AvgIpc) is 1.83. The van der Waals surface area contributed by atoms with Crippen LogP contribution in [-0.4, -0.2) is 25.1 Å². The highest BCUT2D eigenvalue weighted by Crippen LogP contribution is 2.30. The summed E-state index contributed by atoms with van der Waals surface area (Å²) in [5.74, 6) is 0. The van der Waals surface area contributed by atoms with Crippen LogP contribution in [-0.2, 0) is 4.74 Å². The van der Waals surface area contributed by atoms with Crippen molar-refractivity contribution < 1.29 is 17.9 Å². The van der Waals surface area contributed by atoms with Crippen molar-refractivity contribution in [3.63, 3.8) is 0 Å². The Morgan fingerprint density at radius 2 is 1.75 bits per heavy atom. The fraction of sp³-hybridized carbons (Fsp3) is 1.00. The lowest BCUT2D eigenvalue weighted by atomic mass is 9.95. The lowest BCUT2D eigenvalue weighted by Crippen LogP contribution is -2.44. The fourth-order valence-electron chi connectivity index (χ4n) is 1.34. The maximum Gasteiger partial charge on any atom is 0.523 e. The van der Waals surface area contributed by atoms with Gasteiger partial charge in [0.1, 0.15) is 0 Å². The van der Waals surface area contributed by atoms with Crippen LogP contribution >= 0.6 is 0 Å². The van der Waals surface area contributed by atoms with E-state index in [2.05, 4.69) is 10.1 Å². The Labute approximate surface area is 69.1 Å². The summed E-state index contributed by atoms with van der Waals surface area (Å²) in [6.45, 7) is 2.68. The van der Waals surface area contributed by atoms with E-state index in [0.29, 0.717) is 25.9 Å². The highest BCUT2D eigenvalue weighted by molar-refractivity contribution is 4.81. The van der Waals surface area contributed by atoms with Gasteiger partial charge in [-0.1, -0.05) is 0 Å². The van der Waals surface area contributed by atoms with Gasteiger partial charge in [0.2, 0.25) is 0 Å². The van der Waals surface area contributed by atoms with Crippen LogP contribution in [0.4, 0.5) is 13.2 Å². The standard InChI is InChI=1S/C7H12F3NO/c1-6(12-7(8,9)10)2-4-11-5-3-6/h11H,2-5H2,1H3. The zero-order valence-corrected chi connectivity index (χ0v) is 6.87. The van der Waals surface area contributed by atoms with Crippen molar-refractivity contribution in [2.45, 2.75) is 31.7 Å². The van der Waals surface area contributed by atoms with Crippen LogP contribution in [0.2, 0.25) is 0 Å². The molecule has 1 heterocycles. The van der Waals surface area contributed by atoms with Crippen LogP contribution in [0.15, 0.2) is 0 Å². The van der Waals surface area contributed by atoms with Gasteiger partial charge in [0.05, 0.1) is 5.60 Å². The van der Waals surface area contributed by atoms with Crippen LogP contribution in [0.5, 0.6) is 0 Å². The largest absolute Gasteiger partial charge is 0.523 e. The molecule has 1 saturated heterocycles. The van der Waals surface area contributed by atoms with Crippen LogP contribution in [0.3, 0.4) is 0 Å². The van der Waals surface area contributed by atoms with E-state index in [-0.39, 0.29) is 0 Å². The molecule has 12 heavy (non-hydrogen) atoms. The fourth-order valence-corrected chi connectivity index (χ4v) is 1.34. The summed E-state index contributed by atoms with van der Waals surface area (Å²) in [6.07, 6.45) is -3.69. The summed E-state index contributed by atoms with van der Waals surface area (Å²) in [4.78, 5) is 0. The number of nitrogens with one attached hydrogen (secondary N) is 1. The van der Waals surface area contributed by atoms with E-state index in [1.54, 1.807) is 0 Å². The molecule has 0 bridgehead atoms. The van der Waals surface area contributed by atoms with Crippen LogP contribution in [0, 0.1) is 0 Å². The molecular weight excluding hydrogens is 171 g/mol. The number of halogens is 3. The third-order valence-electron chi connectivity index (χ3n) is 2.02. The molecule has 1 aliphatic heterocycles. The van der Waals surface area contributed by atoms with Gasteiger partial charge in [-0.3, -0.25) is 4.74 Å². The summed E-state index contributed by atoms with van der Waals surface area (Å²) >= 11 is 0. The lowest BCUT2D eigenvalue weighted by molar-refractivity contribution is -0.367. The molecule has 0 atom stereocenters.